The lowest BCUT2D eigenvalue weighted by molar-refractivity contribution is 0.627. The van der Waals surface area contributed by atoms with Crippen LogP contribution >= 0.6 is 31.9 Å². The van der Waals surface area contributed by atoms with Gasteiger partial charge in [-0.3, -0.25) is 0 Å². The van der Waals surface area contributed by atoms with E-state index in [0.29, 0.717) is 21.5 Å². The van der Waals surface area contributed by atoms with E-state index >= 15 is 0 Å². The zero-order valence-corrected chi connectivity index (χ0v) is 12.7. The number of nitrogens with zero attached hydrogens (tertiary/aromatic N) is 1. The normalized spacial score (nSPS) is 11.1. The molecule has 0 spiro atoms. The van der Waals surface area contributed by atoms with Crippen molar-refractivity contribution in [3.63, 3.8) is 0 Å². The third-order valence-electron chi connectivity index (χ3n) is 2.77. The van der Waals surface area contributed by atoms with Gasteiger partial charge in [0, 0.05) is 14.5 Å². The number of H-pyrrole nitrogens is 1. The highest BCUT2D eigenvalue weighted by atomic mass is 79.9. The molecule has 0 atom stereocenters. The second-order valence-corrected chi connectivity index (χ2v) is 5.87. The van der Waals surface area contributed by atoms with Crippen LogP contribution in [0.15, 0.2) is 39.3 Å². The highest BCUT2D eigenvalue weighted by molar-refractivity contribution is 9.10. The Labute approximate surface area is 125 Å². The van der Waals surface area contributed by atoms with Crippen LogP contribution in [0, 0.1) is 5.82 Å². The Kier molecular flexibility index (Phi) is 3.06. The number of hydrogen-bond acceptors (Lipinski definition) is 2. The quantitative estimate of drug-likeness (QED) is 0.608. The highest BCUT2D eigenvalue weighted by Gasteiger charge is 2.11. The van der Waals surface area contributed by atoms with E-state index < -0.39 is 0 Å². The third-order valence-corrected chi connectivity index (χ3v) is 3.88. The molecule has 2 aromatic carbocycles. The first kappa shape index (κ1) is 12.6. The predicted molar refractivity (Wildman–Crippen MR) is 81.3 cm³/mol. The average molecular weight is 385 g/mol. The molecule has 0 amide bonds. The molecule has 1 aromatic heterocycles. The number of nitrogens with two attached hydrogens (primary N) is 1. The average Bonchev–Trinajstić information content (AvgIpc) is 2.72. The minimum atomic E-state index is -0.297. The summed E-state index contributed by atoms with van der Waals surface area (Å²) in [5.74, 6) is 0.348. The molecule has 0 saturated carbocycles. The molecule has 0 fully saturated rings. The summed E-state index contributed by atoms with van der Waals surface area (Å²) >= 11 is 6.72. The van der Waals surface area contributed by atoms with E-state index in [2.05, 4.69) is 41.8 Å². The number of nitrogen functional groups attached to an aromatic ring is 1. The van der Waals surface area contributed by atoms with Crippen molar-refractivity contribution in [3.8, 4) is 11.4 Å². The molecule has 0 aliphatic carbocycles. The van der Waals surface area contributed by atoms with Crippen LogP contribution in [0.3, 0.4) is 0 Å². The molecule has 3 nitrogen and oxygen atoms in total. The van der Waals surface area contributed by atoms with Gasteiger partial charge < -0.3 is 10.7 Å². The smallest absolute Gasteiger partial charge is 0.139 e. The van der Waals surface area contributed by atoms with Crippen LogP contribution in [0.1, 0.15) is 0 Å². The Morgan fingerprint density at radius 2 is 1.95 bits per heavy atom. The molecule has 19 heavy (non-hydrogen) atoms. The minimum absolute atomic E-state index is 0.297. The molecule has 3 rings (SSSR count). The van der Waals surface area contributed by atoms with Crippen molar-refractivity contribution in [2.75, 3.05) is 5.73 Å². The van der Waals surface area contributed by atoms with Crippen LogP contribution in [0.2, 0.25) is 0 Å². The van der Waals surface area contributed by atoms with Crippen LogP contribution in [0.5, 0.6) is 0 Å². The summed E-state index contributed by atoms with van der Waals surface area (Å²) < 4.78 is 14.6. The summed E-state index contributed by atoms with van der Waals surface area (Å²) in [5.41, 5.74) is 8.83. The van der Waals surface area contributed by atoms with Gasteiger partial charge in [0.2, 0.25) is 0 Å². The number of halogens is 3. The zero-order valence-electron chi connectivity index (χ0n) is 9.55. The lowest BCUT2D eigenvalue weighted by Gasteiger charge is -2.00. The van der Waals surface area contributed by atoms with Gasteiger partial charge in [0.25, 0.3) is 0 Å². The number of hydrogen-bond donors (Lipinski definition) is 2. The van der Waals surface area contributed by atoms with Crippen LogP contribution in [-0.4, -0.2) is 9.97 Å². The molecule has 6 heteroatoms. The molecule has 0 aliphatic rings. The zero-order chi connectivity index (χ0) is 13.6. The van der Waals surface area contributed by atoms with Crippen molar-refractivity contribution in [3.05, 3.63) is 45.1 Å². The molecule has 0 saturated heterocycles. The van der Waals surface area contributed by atoms with E-state index in [4.69, 9.17) is 5.73 Å². The molecule has 0 radical (unpaired) electrons. The van der Waals surface area contributed by atoms with Crippen molar-refractivity contribution in [2.45, 2.75) is 0 Å². The van der Waals surface area contributed by atoms with Crippen molar-refractivity contribution in [2.24, 2.45) is 0 Å². The second kappa shape index (κ2) is 4.61. The summed E-state index contributed by atoms with van der Waals surface area (Å²) in [4.78, 5) is 7.64. The Morgan fingerprint density at radius 1 is 1.16 bits per heavy atom. The predicted octanol–water partition coefficient (Wildman–Crippen LogP) is 4.48. The molecule has 96 valence electrons. The summed E-state index contributed by atoms with van der Waals surface area (Å²) in [6.45, 7) is 0. The molecule has 0 unspecified atom stereocenters. The minimum Gasteiger partial charge on any atom is -0.397 e. The summed E-state index contributed by atoms with van der Waals surface area (Å²) in [6.07, 6.45) is 0. The van der Waals surface area contributed by atoms with Crippen LogP contribution in [0.25, 0.3) is 22.4 Å². The van der Waals surface area contributed by atoms with Crippen molar-refractivity contribution < 1.29 is 4.39 Å². The van der Waals surface area contributed by atoms with Crippen LogP contribution in [-0.2, 0) is 0 Å². The maximum Gasteiger partial charge on any atom is 0.139 e. The van der Waals surface area contributed by atoms with Gasteiger partial charge in [-0.05, 0) is 46.3 Å². The van der Waals surface area contributed by atoms with E-state index in [-0.39, 0.29) is 5.82 Å². The van der Waals surface area contributed by atoms with E-state index in [1.807, 2.05) is 6.07 Å². The lowest BCUT2D eigenvalue weighted by Crippen LogP contribution is -1.86. The monoisotopic (exact) mass is 383 g/mol. The maximum absolute atomic E-state index is 13.1. The lowest BCUT2D eigenvalue weighted by atomic mass is 10.2. The number of benzene rings is 2. The maximum atomic E-state index is 13.1. The Balaban J connectivity index is 2.23. The van der Waals surface area contributed by atoms with Gasteiger partial charge in [-0.1, -0.05) is 15.9 Å². The number of fused-ring (bicyclic) bond motifs is 1. The molecule has 3 N–H and O–H groups in total. The number of anilines is 1. The Morgan fingerprint density at radius 3 is 2.68 bits per heavy atom. The Bertz CT molecular complexity index is 783. The standard InChI is InChI=1S/C13H8Br2FN3/c14-6-3-10(17)12-11(4-6)18-13(19-12)8-2-1-7(16)5-9(8)15/h1-5H,17H2,(H,18,19). The molecule has 1 heterocycles. The Hall–Kier alpha value is -1.40. The van der Waals surface area contributed by atoms with Gasteiger partial charge in [-0.2, -0.15) is 0 Å². The fourth-order valence-electron chi connectivity index (χ4n) is 1.92. The van der Waals surface area contributed by atoms with Crippen molar-refractivity contribution in [1.29, 1.82) is 0 Å². The van der Waals surface area contributed by atoms with Crippen molar-refractivity contribution >= 4 is 48.6 Å². The highest BCUT2D eigenvalue weighted by Crippen LogP contribution is 2.31. The van der Waals surface area contributed by atoms with Gasteiger partial charge in [0.05, 0.1) is 11.2 Å². The van der Waals surface area contributed by atoms with Gasteiger partial charge >= 0.3 is 0 Å². The fourth-order valence-corrected chi connectivity index (χ4v) is 2.93. The van der Waals surface area contributed by atoms with E-state index in [0.717, 1.165) is 15.6 Å². The molecule has 0 aliphatic heterocycles. The van der Waals surface area contributed by atoms with Gasteiger partial charge in [0.1, 0.15) is 17.2 Å². The first-order chi connectivity index (χ1) is 9.04. The molecular formula is C13H8Br2FN3. The summed E-state index contributed by atoms with van der Waals surface area (Å²) in [5, 5.41) is 0. The third kappa shape index (κ3) is 2.26. The SMILES string of the molecule is Nc1cc(Br)cc2[nH]c(-c3ccc(F)cc3Br)nc12. The first-order valence-corrected chi connectivity index (χ1v) is 7.03. The summed E-state index contributed by atoms with van der Waals surface area (Å²) in [7, 11) is 0. The largest absolute Gasteiger partial charge is 0.397 e. The molecular weight excluding hydrogens is 377 g/mol. The number of imidazole rings is 1. The summed E-state index contributed by atoms with van der Waals surface area (Å²) in [6, 6.07) is 8.17. The second-order valence-electron chi connectivity index (χ2n) is 4.10. The fraction of sp³-hybridized carbons (Fsp3) is 0. The van der Waals surface area contributed by atoms with Crippen molar-refractivity contribution in [1.82, 2.24) is 9.97 Å². The molecule has 3 aromatic rings. The number of nitrogens with one attached hydrogen (secondary N) is 1. The van der Waals surface area contributed by atoms with Crippen LogP contribution in [0.4, 0.5) is 10.1 Å². The van der Waals surface area contributed by atoms with Gasteiger partial charge in [-0.15, -0.1) is 0 Å². The molecule has 0 bridgehead atoms. The van der Waals surface area contributed by atoms with Crippen LogP contribution < -0.4 is 5.73 Å². The van der Waals surface area contributed by atoms with Gasteiger partial charge in [-0.25, -0.2) is 9.37 Å². The first-order valence-electron chi connectivity index (χ1n) is 5.45. The van der Waals surface area contributed by atoms with E-state index in [1.54, 1.807) is 12.1 Å². The number of aromatic nitrogens is 2. The topological polar surface area (TPSA) is 54.7 Å². The number of aromatic amines is 1. The van der Waals surface area contributed by atoms with E-state index in [9.17, 15) is 4.39 Å². The number of rotatable bonds is 1. The van der Waals surface area contributed by atoms with Gasteiger partial charge in [0.15, 0.2) is 0 Å². The van der Waals surface area contributed by atoms with E-state index in [1.165, 1.54) is 12.1 Å².